The van der Waals surface area contributed by atoms with Crippen molar-refractivity contribution in [1.29, 1.82) is 0 Å². The van der Waals surface area contributed by atoms with Gasteiger partial charge in [-0.05, 0) is 48.5 Å². The van der Waals surface area contributed by atoms with Gasteiger partial charge >= 0.3 is 6.09 Å². The molecule has 0 spiro atoms. The van der Waals surface area contributed by atoms with Crippen molar-refractivity contribution in [2.24, 2.45) is 22.7 Å². The molecule has 2 fully saturated rings. The second-order valence-electron chi connectivity index (χ2n) is 15.3. The number of ether oxygens (including phenoxy) is 1. The molecule has 0 bridgehead atoms. The number of likely N-dealkylation sites (N-methyl/N-ethyl adjacent to an activating group) is 1. The van der Waals surface area contributed by atoms with Gasteiger partial charge in [-0.25, -0.2) is 4.79 Å². The fourth-order valence-corrected chi connectivity index (χ4v) is 6.62. The van der Waals surface area contributed by atoms with Gasteiger partial charge in [0.15, 0.2) is 0 Å². The molecule has 14 nitrogen and oxygen atoms in total. The Morgan fingerprint density at radius 3 is 2.14 bits per heavy atom. The summed E-state index contributed by atoms with van der Waals surface area (Å²) in [5.41, 5.74) is -0.406. The van der Waals surface area contributed by atoms with Crippen molar-refractivity contribution < 1.29 is 38.3 Å². The highest BCUT2D eigenvalue weighted by molar-refractivity contribution is 6.38. The molecule has 276 valence electrons. The first-order valence-corrected chi connectivity index (χ1v) is 17.2. The first-order chi connectivity index (χ1) is 23.2. The van der Waals surface area contributed by atoms with Crippen LogP contribution in [0.5, 0.6) is 0 Å². The predicted octanol–water partition coefficient (Wildman–Crippen LogP) is 1.93. The zero-order valence-electron chi connectivity index (χ0n) is 30.9. The van der Waals surface area contributed by atoms with Crippen molar-refractivity contribution in [1.82, 2.24) is 31.1 Å². The Hall–Kier alpha value is -4.49. The number of benzene rings is 1. The summed E-state index contributed by atoms with van der Waals surface area (Å²) in [4.78, 5) is 95.3. The number of nitrogens with one attached hydrogen (secondary N) is 4. The minimum absolute atomic E-state index is 0.0339. The number of amides is 6. The molecule has 14 heteroatoms. The largest absolute Gasteiger partial charge is 0.447 e. The lowest BCUT2D eigenvalue weighted by molar-refractivity contribution is -0.145. The van der Waals surface area contributed by atoms with Crippen LogP contribution in [0.4, 0.5) is 4.79 Å². The standard InChI is InChI=1S/C36H54N6O8/c1-11-15-23(28(44)31(46)37-18-24(43)39-26(32(47)41(9)10)21-16-13-12-14-17-21)38-30(45)27-25-22(36(25,7)8)19-42(27)33(48)29(35(4,5)6)40-34(49)50-20(2)3/h12-14,16-17,20,22-23,25-27,29H,11,15,18-19H2,1-10H3,(H,37,46)(H,38,45)(H,39,43)(H,40,49). The summed E-state index contributed by atoms with van der Waals surface area (Å²) in [7, 11) is 3.11. The van der Waals surface area contributed by atoms with E-state index in [2.05, 4.69) is 21.3 Å². The molecule has 3 rings (SSSR count). The lowest BCUT2D eigenvalue weighted by Gasteiger charge is -2.37. The van der Waals surface area contributed by atoms with Crippen LogP contribution in [-0.2, 0) is 33.5 Å². The molecule has 1 saturated carbocycles. The topological polar surface area (TPSA) is 183 Å². The molecule has 0 aromatic heterocycles. The predicted molar refractivity (Wildman–Crippen MR) is 185 cm³/mol. The van der Waals surface area contributed by atoms with E-state index in [9.17, 15) is 33.6 Å². The SMILES string of the molecule is CCCC(NC(=O)C1C2C(CN1C(=O)C(NC(=O)OC(C)C)C(C)(C)C)C2(C)C)C(=O)C(=O)NCC(=O)NC(C(=O)N(C)C)c1ccccc1. The Kier molecular flexibility index (Phi) is 12.8. The Morgan fingerprint density at radius 1 is 0.980 bits per heavy atom. The Bertz CT molecular complexity index is 1450. The van der Waals surface area contributed by atoms with E-state index in [0.29, 0.717) is 18.5 Å². The maximum absolute atomic E-state index is 14.0. The summed E-state index contributed by atoms with van der Waals surface area (Å²) >= 11 is 0. The van der Waals surface area contributed by atoms with Gasteiger partial charge in [-0.1, -0.05) is 78.3 Å². The van der Waals surface area contributed by atoms with Crippen LogP contribution >= 0.6 is 0 Å². The minimum Gasteiger partial charge on any atom is -0.447 e. The van der Waals surface area contributed by atoms with Gasteiger partial charge in [-0.3, -0.25) is 28.8 Å². The lowest BCUT2D eigenvalue weighted by Crippen LogP contribution is -2.60. The van der Waals surface area contributed by atoms with Gasteiger partial charge < -0.3 is 35.8 Å². The van der Waals surface area contributed by atoms with Gasteiger partial charge in [0.25, 0.3) is 5.91 Å². The number of carbonyl (C=O) groups is 7. The van der Waals surface area contributed by atoms with E-state index >= 15 is 0 Å². The highest BCUT2D eigenvalue weighted by Crippen LogP contribution is 2.65. The Labute approximate surface area is 294 Å². The number of rotatable bonds is 14. The normalized spacial score (nSPS) is 20.8. The van der Waals surface area contributed by atoms with Crippen LogP contribution in [0.25, 0.3) is 0 Å². The molecule has 2 aliphatic rings. The zero-order chi connectivity index (χ0) is 37.7. The second kappa shape index (κ2) is 16.0. The van der Waals surface area contributed by atoms with Crippen molar-refractivity contribution >= 4 is 41.4 Å². The van der Waals surface area contributed by atoms with Gasteiger partial charge in [0.1, 0.15) is 18.1 Å². The minimum atomic E-state index is -1.21. The molecule has 6 atom stereocenters. The monoisotopic (exact) mass is 698 g/mol. The van der Waals surface area contributed by atoms with Crippen LogP contribution in [0, 0.1) is 22.7 Å². The van der Waals surface area contributed by atoms with Gasteiger partial charge in [0, 0.05) is 20.6 Å². The van der Waals surface area contributed by atoms with Crippen molar-refractivity contribution in [3.8, 4) is 0 Å². The molecule has 6 amide bonds. The molecule has 1 aromatic rings. The van der Waals surface area contributed by atoms with E-state index in [4.69, 9.17) is 4.74 Å². The van der Waals surface area contributed by atoms with E-state index in [0.717, 1.165) is 0 Å². The zero-order valence-corrected chi connectivity index (χ0v) is 30.9. The van der Waals surface area contributed by atoms with Crippen LogP contribution in [0.15, 0.2) is 30.3 Å². The second-order valence-corrected chi connectivity index (χ2v) is 15.3. The van der Waals surface area contributed by atoms with E-state index in [1.807, 2.05) is 13.8 Å². The van der Waals surface area contributed by atoms with Gasteiger partial charge in [0.05, 0.1) is 18.7 Å². The highest BCUT2D eigenvalue weighted by atomic mass is 16.6. The number of fused-ring (bicyclic) bond motifs is 1. The van der Waals surface area contributed by atoms with Crippen molar-refractivity contribution in [2.45, 2.75) is 98.5 Å². The molecular weight excluding hydrogens is 644 g/mol. The lowest BCUT2D eigenvalue weighted by atomic mass is 9.85. The van der Waals surface area contributed by atoms with Gasteiger partial charge in [-0.2, -0.15) is 0 Å². The number of piperidine rings is 1. The molecule has 1 heterocycles. The van der Waals surface area contributed by atoms with E-state index in [-0.39, 0.29) is 29.6 Å². The van der Waals surface area contributed by atoms with E-state index < -0.39 is 77.7 Å². The number of nitrogens with zero attached hydrogens (tertiary/aromatic N) is 2. The quantitative estimate of drug-likeness (QED) is 0.213. The van der Waals surface area contributed by atoms with Crippen LogP contribution in [0.2, 0.25) is 0 Å². The molecule has 0 radical (unpaired) electrons. The fraction of sp³-hybridized carbons (Fsp3) is 0.639. The summed E-state index contributed by atoms with van der Waals surface area (Å²) in [6.07, 6.45) is -0.549. The molecular formula is C36H54N6O8. The van der Waals surface area contributed by atoms with Crippen LogP contribution in [-0.4, -0.2) is 103 Å². The number of likely N-dealkylation sites (tertiary alicyclic amines) is 1. The molecule has 1 aliphatic heterocycles. The number of hydrogen-bond donors (Lipinski definition) is 4. The van der Waals surface area contributed by atoms with Crippen molar-refractivity contribution in [2.75, 3.05) is 27.2 Å². The Balaban J connectivity index is 1.72. The third-order valence-corrected chi connectivity index (χ3v) is 9.45. The number of ketones is 1. The van der Waals surface area contributed by atoms with Gasteiger partial charge in [0.2, 0.25) is 29.4 Å². The van der Waals surface area contributed by atoms with Crippen molar-refractivity contribution in [3.05, 3.63) is 35.9 Å². The third-order valence-electron chi connectivity index (χ3n) is 9.45. The number of Topliss-reactive ketones (excluding diaryl/α,β-unsaturated/α-hetero) is 1. The maximum atomic E-state index is 14.0. The summed E-state index contributed by atoms with van der Waals surface area (Å²) in [5, 5.41) is 10.3. The molecule has 1 aromatic carbocycles. The molecule has 6 unspecified atom stereocenters. The summed E-state index contributed by atoms with van der Waals surface area (Å²) in [6, 6.07) is 4.48. The van der Waals surface area contributed by atoms with E-state index in [1.54, 1.807) is 86.0 Å². The van der Waals surface area contributed by atoms with Gasteiger partial charge in [-0.15, -0.1) is 0 Å². The van der Waals surface area contributed by atoms with Crippen LogP contribution in [0.3, 0.4) is 0 Å². The third kappa shape index (κ3) is 9.39. The summed E-state index contributed by atoms with van der Waals surface area (Å²) in [6.45, 7) is 14.4. The number of hydrogen-bond acceptors (Lipinski definition) is 8. The number of carbonyl (C=O) groups excluding carboxylic acids is 7. The first kappa shape index (κ1) is 39.9. The van der Waals surface area contributed by atoms with Crippen molar-refractivity contribution in [3.63, 3.8) is 0 Å². The van der Waals surface area contributed by atoms with Crippen LogP contribution < -0.4 is 21.3 Å². The first-order valence-electron chi connectivity index (χ1n) is 17.2. The number of alkyl carbamates (subject to hydrolysis) is 1. The average Bonchev–Trinajstić information content (AvgIpc) is 3.33. The maximum Gasteiger partial charge on any atom is 0.408 e. The molecule has 1 aliphatic carbocycles. The average molecular weight is 699 g/mol. The summed E-state index contributed by atoms with van der Waals surface area (Å²) < 4.78 is 5.23. The van der Waals surface area contributed by atoms with Crippen LogP contribution in [0.1, 0.15) is 79.8 Å². The fourth-order valence-electron chi connectivity index (χ4n) is 6.62. The molecule has 1 saturated heterocycles. The summed E-state index contributed by atoms with van der Waals surface area (Å²) in [5.74, 6) is -4.24. The Morgan fingerprint density at radius 2 is 1.60 bits per heavy atom. The molecule has 4 N–H and O–H groups in total. The smallest absolute Gasteiger partial charge is 0.408 e. The molecule has 50 heavy (non-hydrogen) atoms. The van der Waals surface area contributed by atoms with E-state index in [1.165, 1.54) is 9.80 Å². The highest BCUT2D eigenvalue weighted by Gasteiger charge is 2.70.